The van der Waals surface area contributed by atoms with Gasteiger partial charge in [0.1, 0.15) is 11.4 Å². The fourth-order valence-electron chi connectivity index (χ4n) is 6.68. The molecule has 3 heterocycles. The second-order valence-corrected chi connectivity index (χ2v) is 10.7. The summed E-state index contributed by atoms with van der Waals surface area (Å²) < 4.78 is 12.3. The highest BCUT2D eigenvalue weighted by atomic mass is 16.6. The lowest BCUT2D eigenvalue weighted by atomic mass is 9.66. The van der Waals surface area contributed by atoms with E-state index < -0.39 is 41.0 Å². The molecule has 0 saturated carbocycles. The zero-order valence-electron chi connectivity index (χ0n) is 21.3. The molecule has 0 aliphatic carbocycles. The van der Waals surface area contributed by atoms with E-state index in [1.807, 2.05) is 0 Å². The number of nitriles is 1. The van der Waals surface area contributed by atoms with Crippen molar-refractivity contribution in [1.82, 2.24) is 0 Å². The molecule has 39 heavy (non-hydrogen) atoms. The average Bonchev–Trinajstić information content (AvgIpc) is 3.45. The molecule has 3 aliphatic rings. The maximum absolute atomic E-state index is 14.0. The van der Waals surface area contributed by atoms with Crippen LogP contribution >= 0.6 is 0 Å². The van der Waals surface area contributed by atoms with Crippen LogP contribution < -0.4 is 15.4 Å². The molecule has 3 amide bonds. The normalized spacial score (nSPS) is 29.1. The summed E-state index contributed by atoms with van der Waals surface area (Å²) in [7, 11) is 0. The third kappa shape index (κ3) is 3.71. The Morgan fingerprint density at radius 1 is 1.10 bits per heavy atom. The number of aliphatic hydroxyl groups is 1. The highest BCUT2D eigenvalue weighted by Gasteiger charge is 2.77. The number of hydrogen-bond acceptors (Lipinski definition) is 7. The Balaban J connectivity index is 1.29. The van der Waals surface area contributed by atoms with Crippen LogP contribution in [0.5, 0.6) is 5.75 Å². The number of aliphatic hydroxyl groups excluding tert-OH is 1. The van der Waals surface area contributed by atoms with Gasteiger partial charge in [-0.3, -0.25) is 14.4 Å². The van der Waals surface area contributed by atoms with Gasteiger partial charge in [0.2, 0.25) is 17.7 Å². The first-order chi connectivity index (χ1) is 18.7. The Morgan fingerprint density at radius 2 is 1.79 bits per heavy atom. The Labute approximate surface area is 224 Å². The van der Waals surface area contributed by atoms with Gasteiger partial charge in [-0.1, -0.05) is 36.4 Å². The van der Waals surface area contributed by atoms with Crippen LogP contribution in [0.25, 0.3) is 10.8 Å². The second kappa shape index (κ2) is 8.90. The molecule has 0 spiro atoms. The molecule has 5 unspecified atom stereocenters. The van der Waals surface area contributed by atoms with Crippen molar-refractivity contribution in [3.63, 3.8) is 0 Å². The highest BCUT2D eigenvalue weighted by Crippen LogP contribution is 2.62. The van der Waals surface area contributed by atoms with Gasteiger partial charge >= 0.3 is 0 Å². The van der Waals surface area contributed by atoms with Gasteiger partial charge in [0.25, 0.3) is 0 Å². The number of rotatable bonds is 7. The number of hydrogen-bond donors (Lipinski definition) is 2. The molecule has 0 aromatic heterocycles. The summed E-state index contributed by atoms with van der Waals surface area (Å²) in [4.78, 5) is 40.2. The highest BCUT2D eigenvalue weighted by molar-refractivity contribution is 6.26. The number of carbonyl (C=O) groups excluding carboxylic acids is 3. The number of ether oxygens (including phenoxy) is 2. The van der Waals surface area contributed by atoms with E-state index in [-0.39, 0.29) is 25.4 Å². The van der Waals surface area contributed by atoms with Crippen molar-refractivity contribution in [3.05, 3.63) is 71.8 Å². The van der Waals surface area contributed by atoms with Gasteiger partial charge in [-0.15, -0.1) is 0 Å². The molecular weight excluding hydrogens is 498 g/mol. The topological polar surface area (TPSA) is 143 Å². The molecule has 0 radical (unpaired) electrons. The van der Waals surface area contributed by atoms with Gasteiger partial charge in [0.15, 0.2) is 0 Å². The van der Waals surface area contributed by atoms with E-state index in [0.717, 1.165) is 5.56 Å². The standard InChI is InChI=1S/C30H27N3O6/c1-29-23(34)15-30(39-29,12-13-38-19-9-6-17(7-10-19)14-24(32)35)26-25(29)27(36)33(28(26)37)22-11-8-18(16-31)20-4-2-3-5-21(20)22/h2-11,23,25-26,34H,12-15H2,1H3,(H2,32,35). The molecule has 3 saturated heterocycles. The molecule has 198 valence electrons. The van der Waals surface area contributed by atoms with Crippen molar-refractivity contribution in [2.75, 3.05) is 11.5 Å². The third-order valence-corrected chi connectivity index (χ3v) is 8.47. The fourth-order valence-corrected chi connectivity index (χ4v) is 6.68. The minimum Gasteiger partial charge on any atom is -0.493 e. The summed E-state index contributed by atoms with van der Waals surface area (Å²) in [6, 6.07) is 19.6. The number of fused-ring (bicyclic) bond motifs is 6. The van der Waals surface area contributed by atoms with Crippen LogP contribution in [0, 0.1) is 23.2 Å². The molecule has 3 aromatic rings. The summed E-state index contributed by atoms with van der Waals surface area (Å²) in [6.07, 6.45) is -0.267. The lowest BCUT2D eigenvalue weighted by Gasteiger charge is -2.33. The SMILES string of the molecule is CC12OC(CCOc3ccc(CC(N)=O)cc3)(CC1O)C1C(=O)N(c3ccc(C#N)c4ccccc34)C(=O)C12. The van der Waals surface area contributed by atoms with Gasteiger partial charge in [-0.25, -0.2) is 4.90 Å². The van der Waals surface area contributed by atoms with E-state index in [2.05, 4.69) is 6.07 Å². The summed E-state index contributed by atoms with van der Waals surface area (Å²) in [6.45, 7) is 1.90. The van der Waals surface area contributed by atoms with E-state index >= 15 is 0 Å². The Morgan fingerprint density at radius 3 is 2.49 bits per heavy atom. The van der Waals surface area contributed by atoms with Crippen LogP contribution in [0.3, 0.4) is 0 Å². The lowest BCUT2D eigenvalue weighted by Crippen LogP contribution is -2.49. The predicted octanol–water partition coefficient (Wildman–Crippen LogP) is 2.61. The first-order valence-electron chi connectivity index (χ1n) is 12.9. The molecule has 3 N–H and O–H groups in total. The number of primary amides is 1. The van der Waals surface area contributed by atoms with Crippen LogP contribution in [-0.4, -0.2) is 46.7 Å². The largest absolute Gasteiger partial charge is 0.493 e. The van der Waals surface area contributed by atoms with E-state index in [1.54, 1.807) is 67.6 Å². The van der Waals surface area contributed by atoms with Gasteiger partial charge < -0.3 is 20.3 Å². The minimum atomic E-state index is -1.20. The van der Waals surface area contributed by atoms with E-state index in [9.17, 15) is 24.8 Å². The molecular formula is C30H27N3O6. The lowest BCUT2D eigenvalue weighted by molar-refractivity contribution is -0.134. The van der Waals surface area contributed by atoms with Crippen molar-refractivity contribution in [1.29, 1.82) is 5.26 Å². The van der Waals surface area contributed by atoms with Crippen LogP contribution in [0.2, 0.25) is 0 Å². The Bertz CT molecular complexity index is 1560. The number of benzene rings is 3. The quantitative estimate of drug-likeness (QED) is 0.452. The molecule has 3 fully saturated rings. The van der Waals surface area contributed by atoms with Gasteiger partial charge in [0, 0.05) is 23.6 Å². The van der Waals surface area contributed by atoms with Gasteiger partial charge in [-0.05, 0) is 36.8 Å². The Kier molecular flexibility index (Phi) is 5.72. The predicted molar refractivity (Wildman–Crippen MR) is 140 cm³/mol. The van der Waals surface area contributed by atoms with Crippen molar-refractivity contribution >= 4 is 34.2 Å². The van der Waals surface area contributed by atoms with E-state index in [1.165, 1.54) is 4.90 Å². The maximum atomic E-state index is 14.0. The van der Waals surface area contributed by atoms with E-state index in [4.69, 9.17) is 15.2 Å². The van der Waals surface area contributed by atoms with Crippen molar-refractivity contribution in [2.45, 2.75) is 43.5 Å². The smallest absolute Gasteiger partial charge is 0.240 e. The molecule has 3 aromatic carbocycles. The minimum absolute atomic E-state index is 0.137. The number of amides is 3. The van der Waals surface area contributed by atoms with Crippen LogP contribution in [0.1, 0.15) is 30.9 Å². The summed E-state index contributed by atoms with van der Waals surface area (Å²) in [5.74, 6) is -2.22. The number of imide groups is 1. The number of nitrogens with two attached hydrogens (primary N) is 1. The summed E-state index contributed by atoms with van der Waals surface area (Å²) in [5, 5.41) is 21.8. The summed E-state index contributed by atoms with van der Waals surface area (Å²) >= 11 is 0. The number of nitrogens with zero attached hydrogens (tertiary/aromatic N) is 2. The molecule has 9 heteroatoms. The zero-order valence-corrected chi connectivity index (χ0v) is 21.3. The summed E-state index contributed by atoms with van der Waals surface area (Å²) in [5.41, 5.74) is 4.64. The second-order valence-electron chi connectivity index (χ2n) is 10.7. The van der Waals surface area contributed by atoms with Crippen molar-refractivity contribution in [2.24, 2.45) is 17.6 Å². The molecule has 2 bridgehead atoms. The fraction of sp³-hybridized carbons (Fsp3) is 0.333. The van der Waals surface area contributed by atoms with Gasteiger partial charge in [0.05, 0.1) is 53.9 Å². The van der Waals surface area contributed by atoms with Crippen molar-refractivity contribution < 1.29 is 29.0 Å². The molecule has 9 nitrogen and oxygen atoms in total. The molecule has 3 aliphatic heterocycles. The number of anilines is 1. The Hall–Kier alpha value is -4.26. The first-order valence-corrected chi connectivity index (χ1v) is 12.9. The van der Waals surface area contributed by atoms with Crippen LogP contribution in [-0.2, 0) is 25.5 Å². The van der Waals surface area contributed by atoms with Crippen LogP contribution in [0.15, 0.2) is 60.7 Å². The van der Waals surface area contributed by atoms with Gasteiger partial charge in [-0.2, -0.15) is 5.26 Å². The van der Waals surface area contributed by atoms with Crippen molar-refractivity contribution in [3.8, 4) is 11.8 Å². The molecule has 6 rings (SSSR count). The van der Waals surface area contributed by atoms with E-state index in [0.29, 0.717) is 34.2 Å². The average molecular weight is 526 g/mol. The first kappa shape index (κ1) is 25.0. The maximum Gasteiger partial charge on any atom is 0.240 e. The zero-order chi connectivity index (χ0) is 27.5. The monoisotopic (exact) mass is 525 g/mol. The van der Waals surface area contributed by atoms with Crippen LogP contribution in [0.4, 0.5) is 5.69 Å². The third-order valence-electron chi connectivity index (χ3n) is 8.47. The molecule has 5 atom stereocenters. The number of carbonyl (C=O) groups is 3.